The van der Waals surface area contributed by atoms with Crippen molar-refractivity contribution < 1.29 is 9.84 Å². The van der Waals surface area contributed by atoms with Crippen molar-refractivity contribution in [2.24, 2.45) is 5.92 Å². The van der Waals surface area contributed by atoms with E-state index >= 15 is 0 Å². The Hall–Kier alpha value is -0.160. The van der Waals surface area contributed by atoms with Gasteiger partial charge >= 0.3 is 0 Å². The highest BCUT2D eigenvalue weighted by Crippen LogP contribution is 2.26. The van der Waals surface area contributed by atoms with Gasteiger partial charge in [-0.1, -0.05) is 19.8 Å². The third-order valence-corrected chi connectivity index (χ3v) is 5.12. The van der Waals surface area contributed by atoms with Gasteiger partial charge in [0.15, 0.2) is 0 Å². The first-order valence-electron chi connectivity index (χ1n) is 8.91. The van der Waals surface area contributed by atoms with Crippen LogP contribution in [0.4, 0.5) is 0 Å². The molecular formula is C17H34N2O2. The van der Waals surface area contributed by atoms with E-state index in [0.717, 1.165) is 13.0 Å². The first kappa shape index (κ1) is 17.2. The van der Waals surface area contributed by atoms with Crippen molar-refractivity contribution in [3.8, 4) is 0 Å². The second-order valence-electron chi connectivity index (χ2n) is 7.04. The maximum Gasteiger partial charge on any atom is 0.0897 e. The fourth-order valence-corrected chi connectivity index (χ4v) is 3.59. The molecule has 4 nitrogen and oxygen atoms in total. The van der Waals surface area contributed by atoms with E-state index < -0.39 is 0 Å². The molecule has 2 fully saturated rings. The van der Waals surface area contributed by atoms with E-state index in [9.17, 15) is 5.11 Å². The molecule has 0 aromatic heterocycles. The summed E-state index contributed by atoms with van der Waals surface area (Å²) < 4.78 is 5.91. The Morgan fingerprint density at radius 1 is 1.14 bits per heavy atom. The average Bonchev–Trinajstić information content (AvgIpc) is 3.00. The lowest BCUT2D eigenvalue weighted by molar-refractivity contribution is -0.0453. The van der Waals surface area contributed by atoms with Crippen LogP contribution >= 0.6 is 0 Å². The molecule has 1 saturated heterocycles. The number of likely N-dealkylation sites (tertiary alicyclic amines) is 1. The normalized spacial score (nSPS) is 30.4. The SMILES string of the molecule is CC1CCCCC1OCC(O)CNCC(C)N1CCCC1. The van der Waals surface area contributed by atoms with Crippen LogP contribution in [0.15, 0.2) is 0 Å². The van der Waals surface area contributed by atoms with Crippen molar-refractivity contribution in [1.82, 2.24) is 10.2 Å². The maximum atomic E-state index is 10.0. The van der Waals surface area contributed by atoms with Gasteiger partial charge in [-0.25, -0.2) is 0 Å². The molecule has 1 aliphatic heterocycles. The Morgan fingerprint density at radius 2 is 1.86 bits per heavy atom. The lowest BCUT2D eigenvalue weighted by Crippen LogP contribution is -2.42. The second-order valence-corrected chi connectivity index (χ2v) is 7.04. The lowest BCUT2D eigenvalue weighted by Gasteiger charge is -2.29. The summed E-state index contributed by atoms with van der Waals surface area (Å²) >= 11 is 0. The molecule has 0 amide bonds. The van der Waals surface area contributed by atoms with E-state index in [1.807, 2.05) is 0 Å². The summed E-state index contributed by atoms with van der Waals surface area (Å²) in [7, 11) is 0. The Bertz CT molecular complexity index is 282. The van der Waals surface area contributed by atoms with Gasteiger partial charge in [0.05, 0.1) is 18.8 Å². The molecule has 4 heteroatoms. The van der Waals surface area contributed by atoms with Crippen molar-refractivity contribution in [2.45, 2.75) is 70.6 Å². The monoisotopic (exact) mass is 298 g/mol. The second kappa shape index (κ2) is 9.09. The van der Waals surface area contributed by atoms with Crippen molar-refractivity contribution >= 4 is 0 Å². The largest absolute Gasteiger partial charge is 0.389 e. The molecule has 4 unspecified atom stereocenters. The van der Waals surface area contributed by atoms with E-state index in [1.165, 1.54) is 45.2 Å². The number of aliphatic hydroxyl groups excluding tert-OH is 1. The molecule has 4 atom stereocenters. The fourth-order valence-electron chi connectivity index (χ4n) is 3.59. The third kappa shape index (κ3) is 5.85. The third-order valence-electron chi connectivity index (χ3n) is 5.12. The topological polar surface area (TPSA) is 44.7 Å². The first-order valence-corrected chi connectivity index (χ1v) is 8.91. The number of ether oxygens (including phenoxy) is 1. The van der Waals surface area contributed by atoms with E-state index in [0.29, 0.717) is 31.2 Å². The van der Waals surface area contributed by atoms with Gasteiger partial charge in [0.25, 0.3) is 0 Å². The molecule has 2 aliphatic rings. The lowest BCUT2D eigenvalue weighted by atomic mass is 9.88. The summed E-state index contributed by atoms with van der Waals surface area (Å²) in [6.45, 7) is 9.07. The molecule has 2 rings (SSSR count). The minimum absolute atomic E-state index is 0.358. The van der Waals surface area contributed by atoms with Gasteiger partial charge in [0, 0.05) is 19.1 Å². The Balaban J connectivity index is 1.53. The molecule has 0 aromatic rings. The van der Waals surface area contributed by atoms with E-state index in [2.05, 4.69) is 24.1 Å². The Kier molecular flexibility index (Phi) is 7.44. The van der Waals surface area contributed by atoms with Gasteiger partial charge in [-0.15, -0.1) is 0 Å². The van der Waals surface area contributed by atoms with E-state index in [4.69, 9.17) is 4.74 Å². The summed E-state index contributed by atoms with van der Waals surface area (Å²) in [5.74, 6) is 0.647. The molecule has 124 valence electrons. The molecule has 1 saturated carbocycles. The smallest absolute Gasteiger partial charge is 0.0897 e. The molecular weight excluding hydrogens is 264 g/mol. The minimum Gasteiger partial charge on any atom is -0.389 e. The number of nitrogens with one attached hydrogen (secondary N) is 1. The average molecular weight is 298 g/mol. The number of hydrogen-bond acceptors (Lipinski definition) is 4. The molecule has 2 N–H and O–H groups in total. The molecule has 0 radical (unpaired) electrons. The van der Waals surface area contributed by atoms with Gasteiger partial charge in [0.1, 0.15) is 0 Å². The highest BCUT2D eigenvalue weighted by atomic mass is 16.5. The zero-order chi connectivity index (χ0) is 15.1. The first-order chi connectivity index (χ1) is 10.2. The highest BCUT2D eigenvalue weighted by molar-refractivity contribution is 4.76. The van der Waals surface area contributed by atoms with Gasteiger partial charge in [0.2, 0.25) is 0 Å². The predicted molar refractivity (Wildman–Crippen MR) is 86.5 cm³/mol. The zero-order valence-electron chi connectivity index (χ0n) is 13.9. The highest BCUT2D eigenvalue weighted by Gasteiger charge is 2.23. The summed E-state index contributed by atoms with van der Waals surface area (Å²) in [6, 6.07) is 0.569. The molecule has 1 heterocycles. The van der Waals surface area contributed by atoms with Crippen LogP contribution in [0.2, 0.25) is 0 Å². The van der Waals surface area contributed by atoms with Gasteiger partial charge in [-0.2, -0.15) is 0 Å². The Morgan fingerprint density at radius 3 is 2.57 bits per heavy atom. The van der Waals surface area contributed by atoms with Crippen LogP contribution in [-0.2, 0) is 4.74 Å². The van der Waals surface area contributed by atoms with Crippen LogP contribution in [0, 0.1) is 5.92 Å². The number of aliphatic hydroxyl groups is 1. The van der Waals surface area contributed by atoms with Crippen LogP contribution in [-0.4, -0.2) is 61.0 Å². The number of nitrogens with zero attached hydrogens (tertiary/aromatic N) is 1. The van der Waals surface area contributed by atoms with Crippen LogP contribution < -0.4 is 5.32 Å². The Labute approximate surface area is 130 Å². The minimum atomic E-state index is -0.384. The standard InChI is InChI=1S/C17H34N2O2/c1-14-7-3-4-8-17(14)21-13-16(20)12-18-11-15(2)19-9-5-6-10-19/h14-18,20H,3-13H2,1-2H3. The van der Waals surface area contributed by atoms with Crippen molar-refractivity contribution in [3.63, 3.8) is 0 Å². The van der Waals surface area contributed by atoms with Crippen molar-refractivity contribution in [1.29, 1.82) is 0 Å². The zero-order valence-corrected chi connectivity index (χ0v) is 13.9. The quantitative estimate of drug-likeness (QED) is 0.719. The summed E-state index contributed by atoms with van der Waals surface area (Å²) in [6.07, 6.45) is 7.68. The van der Waals surface area contributed by atoms with Crippen LogP contribution in [0.5, 0.6) is 0 Å². The van der Waals surface area contributed by atoms with Gasteiger partial charge in [-0.3, -0.25) is 4.90 Å². The summed E-state index contributed by atoms with van der Waals surface area (Å²) in [5, 5.41) is 13.4. The van der Waals surface area contributed by atoms with Crippen LogP contribution in [0.3, 0.4) is 0 Å². The van der Waals surface area contributed by atoms with Gasteiger partial charge in [-0.05, 0) is 51.6 Å². The molecule has 1 aliphatic carbocycles. The molecule has 0 aromatic carbocycles. The molecule has 21 heavy (non-hydrogen) atoms. The summed E-state index contributed by atoms with van der Waals surface area (Å²) in [5.41, 5.74) is 0. The summed E-state index contributed by atoms with van der Waals surface area (Å²) in [4.78, 5) is 2.53. The maximum absolute atomic E-state index is 10.0. The number of hydrogen-bond donors (Lipinski definition) is 2. The number of rotatable bonds is 8. The van der Waals surface area contributed by atoms with Crippen LogP contribution in [0.1, 0.15) is 52.4 Å². The van der Waals surface area contributed by atoms with Crippen molar-refractivity contribution in [3.05, 3.63) is 0 Å². The molecule has 0 spiro atoms. The van der Waals surface area contributed by atoms with E-state index in [1.54, 1.807) is 0 Å². The van der Waals surface area contributed by atoms with Gasteiger partial charge < -0.3 is 15.2 Å². The van der Waals surface area contributed by atoms with Crippen LogP contribution in [0.25, 0.3) is 0 Å². The predicted octanol–water partition coefficient (Wildman–Crippen LogP) is 2.02. The van der Waals surface area contributed by atoms with Crippen molar-refractivity contribution in [2.75, 3.05) is 32.8 Å². The fraction of sp³-hybridized carbons (Fsp3) is 1.00. The van der Waals surface area contributed by atoms with E-state index in [-0.39, 0.29) is 6.10 Å². The molecule has 0 bridgehead atoms.